The lowest BCUT2D eigenvalue weighted by Gasteiger charge is -2.19. The average Bonchev–Trinajstić information content (AvgIpc) is 2.39. The zero-order valence-electron chi connectivity index (χ0n) is 9.81. The van der Waals surface area contributed by atoms with Crippen molar-refractivity contribution in [3.63, 3.8) is 0 Å². The van der Waals surface area contributed by atoms with Crippen LogP contribution in [0.2, 0.25) is 0 Å². The van der Waals surface area contributed by atoms with Crippen LogP contribution in [-0.2, 0) is 6.42 Å². The molecule has 0 aromatic heterocycles. The Balaban J connectivity index is 2.23. The fourth-order valence-electron chi connectivity index (χ4n) is 2.40. The number of aliphatic hydroxyl groups is 1. The van der Waals surface area contributed by atoms with Crippen molar-refractivity contribution in [1.82, 2.24) is 0 Å². The van der Waals surface area contributed by atoms with Crippen molar-refractivity contribution >= 4 is 26.5 Å². The summed E-state index contributed by atoms with van der Waals surface area (Å²) in [5.74, 6) is 0. The normalized spacial score (nSPS) is 21.0. The van der Waals surface area contributed by atoms with E-state index in [1.54, 1.807) is 0 Å². The van der Waals surface area contributed by atoms with Gasteiger partial charge in [-0.1, -0.05) is 64.5 Å². The second-order valence-electron chi connectivity index (χ2n) is 4.50. The molecule has 1 atom stereocenters. The zero-order chi connectivity index (χ0) is 12.5. The minimum Gasteiger partial charge on any atom is -0.388 e. The van der Waals surface area contributed by atoms with Crippen LogP contribution < -0.4 is 0 Å². The number of hydrogen-bond donors (Lipinski definition) is 1. The van der Waals surface area contributed by atoms with Crippen molar-refractivity contribution in [3.8, 4) is 0 Å². The summed E-state index contributed by atoms with van der Waals surface area (Å²) in [5.41, 5.74) is 4.39. The van der Waals surface area contributed by atoms with E-state index in [0.717, 1.165) is 21.2 Å². The average molecular weight is 301 g/mol. The predicted molar refractivity (Wildman–Crippen MR) is 78.3 cm³/mol. The van der Waals surface area contributed by atoms with E-state index in [0.29, 0.717) is 6.42 Å². The second-order valence-corrected chi connectivity index (χ2v) is 5.35. The summed E-state index contributed by atoms with van der Waals surface area (Å²) in [6.45, 7) is 0. The van der Waals surface area contributed by atoms with Gasteiger partial charge in [0.15, 0.2) is 0 Å². The molecule has 0 spiro atoms. The molecular formula is C16H13BrO. The fourth-order valence-corrected chi connectivity index (χ4v) is 3.01. The van der Waals surface area contributed by atoms with E-state index in [4.69, 9.17) is 0 Å². The van der Waals surface area contributed by atoms with Crippen molar-refractivity contribution in [1.29, 1.82) is 0 Å². The third-order valence-electron chi connectivity index (χ3n) is 3.33. The molecule has 1 unspecified atom stereocenters. The van der Waals surface area contributed by atoms with E-state index < -0.39 is 6.10 Å². The molecule has 2 heteroatoms. The van der Waals surface area contributed by atoms with Gasteiger partial charge in [0.2, 0.25) is 0 Å². The minimum absolute atomic E-state index is 0.455. The number of hydrogen-bond acceptors (Lipinski definition) is 1. The molecule has 1 N–H and O–H groups in total. The van der Waals surface area contributed by atoms with Gasteiger partial charge >= 0.3 is 0 Å². The van der Waals surface area contributed by atoms with Crippen LogP contribution in [0, 0.1) is 0 Å². The molecule has 0 amide bonds. The maximum Gasteiger partial charge on any atom is 0.0836 e. The van der Waals surface area contributed by atoms with Crippen molar-refractivity contribution in [2.24, 2.45) is 0 Å². The van der Waals surface area contributed by atoms with E-state index in [9.17, 15) is 5.11 Å². The Morgan fingerprint density at radius 2 is 1.72 bits per heavy atom. The number of fused-ring (bicyclic) bond motifs is 2. The summed E-state index contributed by atoms with van der Waals surface area (Å²) in [6, 6.07) is 16.2. The topological polar surface area (TPSA) is 20.2 Å². The fraction of sp³-hybridized carbons (Fsp3) is 0.125. The van der Waals surface area contributed by atoms with Gasteiger partial charge in [-0.25, -0.2) is 0 Å². The first-order valence-electron chi connectivity index (χ1n) is 5.98. The molecule has 2 aromatic carbocycles. The van der Waals surface area contributed by atoms with Gasteiger partial charge in [-0.2, -0.15) is 0 Å². The minimum atomic E-state index is -0.455. The lowest BCUT2D eigenvalue weighted by atomic mass is 9.91. The Morgan fingerprint density at radius 1 is 1.00 bits per heavy atom. The number of aliphatic hydroxyl groups excluding tert-OH is 1. The van der Waals surface area contributed by atoms with Gasteiger partial charge in [0.1, 0.15) is 0 Å². The highest BCUT2D eigenvalue weighted by atomic mass is 79.9. The quantitative estimate of drug-likeness (QED) is 0.774. The molecule has 18 heavy (non-hydrogen) atoms. The highest BCUT2D eigenvalue weighted by molar-refractivity contribution is 9.15. The van der Waals surface area contributed by atoms with E-state index >= 15 is 0 Å². The van der Waals surface area contributed by atoms with Crippen LogP contribution in [0.3, 0.4) is 0 Å². The number of benzene rings is 2. The first-order valence-corrected chi connectivity index (χ1v) is 6.77. The summed E-state index contributed by atoms with van der Waals surface area (Å²) in [7, 11) is 0. The van der Waals surface area contributed by atoms with Gasteiger partial charge in [0.05, 0.1) is 6.10 Å². The Labute approximate surface area is 115 Å². The molecule has 0 aliphatic heterocycles. The highest BCUT2D eigenvalue weighted by Crippen LogP contribution is 2.35. The Kier molecular flexibility index (Phi) is 3.06. The largest absolute Gasteiger partial charge is 0.388 e. The molecule has 0 fully saturated rings. The van der Waals surface area contributed by atoms with Crippen LogP contribution in [0.5, 0.6) is 0 Å². The zero-order valence-corrected chi connectivity index (χ0v) is 11.4. The maximum absolute atomic E-state index is 10.4. The van der Waals surface area contributed by atoms with Crippen LogP contribution in [0.15, 0.2) is 48.5 Å². The SMILES string of the molecule is OC1Cc2ccccc2/C=C(/Br)c2ccccc21. The molecule has 0 bridgehead atoms. The molecular weight excluding hydrogens is 288 g/mol. The first-order chi connectivity index (χ1) is 8.75. The molecule has 0 saturated carbocycles. The molecule has 1 aliphatic rings. The van der Waals surface area contributed by atoms with Crippen LogP contribution in [0.25, 0.3) is 10.6 Å². The van der Waals surface area contributed by atoms with Gasteiger partial charge in [0.25, 0.3) is 0 Å². The Morgan fingerprint density at radius 3 is 2.61 bits per heavy atom. The van der Waals surface area contributed by atoms with E-state index in [1.165, 1.54) is 5.56 Å². The van der Waals surface area contributed by atoms with Crippen LogP contribution in [0.1, 0.15) is 28.4 Å². The summed E-state index contributed by atoms with van der Waals surface area (Å²) in [6.07, 6.45) is 2.33. The van der Waals surface area contributed by atoms with Crippen LogP contribution in [-0.4, -0.2) is 5.11 Å². The molecule has 0 heterocycles. The van der Waals surface area contributed by atoms with Crippen molar-refractivity contribution in [3.05, 3.63) is 70.8 Å². The van der Waals surface area contributed by atoms with Crippen molar-refractivity contribution in [2.75, 3.05) is 0 Å². The Hall–Kier alpha value is -1.38. The van der Waals surface area contributed by atoms with Gasteiger partial charge < -0.3 is 5.11 Å². The van der Waals surface area contributed by atoms with E-state index in [2.05, 4.69) is 34.1 Å². The third-order valence-corrected chi connectivity index (χ3v) is 3.98. The van der Waals surface area contributed by atoms with Gasteiger partial charge in [0, 0.05) is 10.9 Å². The first kappa shape index (κ1) is 11.7. The molecule has 0 radical (unpaired) electrons. The molecule has 2 aromatic rings. The summed E-state index contributed by atoms with van der Waals surface area (Å²) in [4.78, 5) is 0. The van der Waals surface area contributed by atoms with Crippen LogP contribution in [0.4, 0.5) is 0 Å². The van der Waals surface area contributed by atoms with Crippen LogP contribution >= 0.6 is 15.9 Å². The molecule has 1 nitrogen and oxygen atoms in total. The predicted octanol–water partition coefficient (Wildman–Crippen LogP) is 4.17. The second kappa shape index (κ2) is 4.71. The lowest BCUT2D eigenvalue weighted by Crippen LogP contribution is -2.07. The molecule has 90 valence electrons. The molecule has 3 rings (SSSR count). The van der Waals surface area contributed by atoms with E-state index in [-0.39, 0.29) is 0 Å². The summed E-state index contributed by atoms with van der Waals surface area (Å²) >= 11 is 3.62. The van der Waals surface area contributed by atoms with Crippen molar-refractivity contribution < 1.29 is 5.11 Å². The smallest absolute Gasteiger partial charge is 0.0836 e. The Bertz CT molecular complexity index is 616. The van der Waals surface area contributed by atoms with Gasteiger partial charge in [-0.3, -0.25) is 0 Å². The molecule has 0 saturated heterocycles. The standard InChI is InChI=1S/C16H13BrO/c17-15-9-11-5-1-2-6-12(11)10-16(18)14-8-4-3-7-13(14)15/h1-9,16,18H,10H2/b15-9+. The number of rotatable bonds is 0. The molecule has 1 aliphatic carbocycles. The van der Waals surface area contributed by atoms with Crippen molar-refractivity contribution in [2.45, 2.75) is 12.5 Å². The lowest BCUT2D eigenvalue weighted by molar-refractivity contribution is 0.178. The summed E-state index contributed by atoms with van der Waals surface area (Å²) in [5, 5.41) is 10.4. The monoisotopic (exact) mass is 300 g/mol. The maximum atomic E-state index is 10.4. The van der Waals surface area contributed by atoms with Gasteiger partial charge in [-0.15, -0.1) is 0 Å². The van der Waals surface area contributed by atoms with E-state index in [1.807, 2.05) is 36.4 Å². The summed E-state index contributed by atoms with van der Waals surface area (Å²) < 4.78 is 1.02. The third kappa shape index (κ3) is 2.02. The number of halogens is 1. The van der Waals surface area contributed by atoms with Gasteiger partial charge in [-0.05, 0) is 28.3 Å². The highest BCUT2D eigenvalue weighted by Gasteiger charge is 2.18.